The Labute approximate surface area is 151 Å². The SMILES string of the molecule is CN=C(NCCOc1cccc(Br)c1)N1CC(C)C(C(=O)OC)C1. The zero-order valence-electron chi connectivity index (χ0n) is 14.3. The molecule has 0 amide bonds. The maximum atomic E-state index is 11.8. The van der Waals surface area contributed by atoms with Crippen molar-refractivity contribution in [1.29, 1.82) is 0 Å². The summed E-state index contributed by atoms with van der Waals surface area (Å²) in [5, 5.41) is 3.28. The normalized spacial score (nSPS) is 20.8. The third kappa shape index (κ3) is 4.87. The van der Waals surface area contributed by atoms with Crippen molar-refractivity contribution in [1.82, 2.24) is 10.2 Å². The van der Waals surface area contributed by atoms with Crippen LogP contribution in [-0.2, 0) is 9.53 Å². The highest BCUT2D eigenvalue weighted by atomic mass is 79.9. The molecule has 1 saturated heterocycles. The number of hydrogen-bond donors (Lipinski definition) is 1. The van der Waals surface area contributed by atoms with Gasteiger partial charge in [-0.3, -0.25) is 9.79 Å². The highest BCUT2D eigenvalue weighted by Crippen LogP contribution is 2.24. The Balaban J connectivity index is 1.80. The molecule has 0 saturated carbocycles. The summed E-state index contributed by atoms with van der Waals surface area (Å²) in [6, 6.07) is 7.74. The number of carbonyl (C=O) groups excluding carboxylic acids is 1. The first-order chi connectivity index (χ1) is 11.5. The van der Waals surface area contributed by atoms with Crippen LogP contribution in [0.25, 0.3) is 0 Å². The molecule has 0 aromatic heterocycles. The predicted octanol–water partition coefficient (Wildman–Crippen LogP) is 2.14. The summed E-state index contributed by atoms with van der Waals surface area (Å²) in [7, 11) is 3.18. The van der Waals surface area contributed by atoms with Gasteiger partial charge in [0.25, 0.3) is 0 Å². The van der Waals surface area contributed by atoms with Gasteiger partial charge in [0.15, 0.2) is 5.96 Å². The molecule has 7 heteroatoms. The fraction of sp³-hybridized carbons (Fsp3) is 0.529. The van der Waals surface area contributed by atoms with Gasteiger partial charge < -0.3 is 19.7 Å². The van der Waals surface area contributed by atoms with Gasteiger partial charge in [0, 0.05) is 24.6 Å². The third-order valence-corrected chi connectivity index (χ3v) is 4.57. The van der Waals surface area contributed by atoms with E-state index in [9.17, 15) is 4.79 Å². The minimum Gasteiger partial charge on any atom is -0.492 e. The van der Waals surface area contributed by atoms with E-state index in [1.807, 2.05) is 24.3 Å². The number of rotatable bonds is 5. The molecule has 1 aromatic rings. The Hall–Kier alpha value is -1.76. The van der Waals surface area contributed by atoms with Crippen molar-refractivity contribution in [2.45, 2.75) is 6.92 Å². The average molecular weight is 398 g/mol. The molecular formula is C17H24BrN3O3. The maximum Gasteiger partial charge on any atom is 0.310 e. The summed E-state index contributed by atoms with van der Waals surface area (Å²) in [6.45, 7) is 4.63. The number of likely N-dealkylation sites (tertiary alicyclic amines) is 1. The van der Waals surface area contributed by atoms with Crippen molar-refractivity contribution in [2.24, 2.45) is 16.8 Å². The van der Waals surface area contributed by atoms with Crippen LogP contribution in [0.5, 0.6) is 5.75 Å². The molecule has 1 heterocycles. The second-order valence-electron chi connectivity index (χ2n) is 5.79. The fourth-order valence-electron chi connectivity index (χ4n) is 2.82. The molecule has 24 heavy (non-hydrogen) atoms. The van der Waals surface area contributed by atoms with Gasteiger partial charge in [0.05, 0.1) is 19.6 Å². The fourth-order valence-corrected chi connectivity index (χ4v) is 3.20. The summed E-state index contributed by atoms with van der Waals surface area (Å²) in [6.07, 6.45) is 0. The van der Waals surface area contributed by atoms with Gasteiger partial charge >= 0.3 is 5.97 Å². The van der Waals surface area contributed by atoms with E-state index >= 15 is 0 Å². The van der Waals surface area contributed by atoms with E-state index in [1.165, 1.54) is 7.11 Å². The molecule has 0 spiro atoms. The molecule has 1 N–H and O–H groups in total. The van der Waals surface area contributed by atoms with Crippen molar-refractivity contribution in [3.63, 3.8) is 0 Å². The molecule has 2 atom stereocenters. The van der Waals surface area contributed by atoms with Crippen LogP contribution in [0.4, 0.5) is 0 Å². The molecule has 2 unspecified atom stereocenters. The smallest absolute Gasteiger partial charge is 0.310 e. The Bertz CT molecular complexity index is 594. The number of ether oxygens (including phenoxy) is 2. The van der Waals surface area contributed by atoms with Crippen molar-refractivity contribution >= 4 is 27.9 Å². The molecule has 0 aliphatic carbocycles. The number of guanidine groups is 1. The lowest BCUT2D eigenvalue weighted by molar-refractivity contribution is -0.145. The first-order valence-corrected chi connectivity index (χ1v) is 8.76. The maximum absolute atomic E-state index is 11.8. The van der Waals surface area contributed by atoms with Crippen molar-refractivity contribution < 1.29 is 14.3 Å². The van der Waals surface area contributed by atoms with E-state index < -0.39 is 0 Å². The lowest BCUT2D eigenvalue weighted by Gasteiger charge is -2.21. The second kappa shape index (κ2) is 8.92. The number of carbonyl (C=O) groups is 1. The Kier molecular flexibility index (Phi) is 6.90. The number of nitrogens with zero attached hydrogens (tertiary/aromatic N) is 2. The Morgan fingerprint density at radius 3 is 2.92 bits per heavy atom. The number of benzene rings is 1. The first kappa shape index (κ1) is 18.6. The molecule has 1 fully saturated rings. The molecule has 6 nitrogen and oxygen atoms in total. The van der Waals surface area contributed by atoms with Crippen molar-refractivity contribution in [3.05, 3.63) is 28.7 Å². The van der Waals surface area contributed by atoms with E-state index in [0.29, 0.717) is 19.7 Å². The lowest BCUT2D eigenvalue weighted by atomic mass is 9.99. The van der Waals surface area contributed by atoms with Crippen molar-refractivity contribution in [2.75, 3.05) is 40.4 Å². The second-order valence-corrected chi connectivity index (χ2v) is 6.71. The minimum absolute atomic E-state index is 0.105. The van der Waals surface area contributed by atoms with Crippen LogP contribution in [0.1, 0.15) is 6.92 Å². The third-order valence-electron chi connectivity index (χ3n) is 4.08. The van der Waals surface area contributed by atoms with Crippen LogP contribution in [0, 0.1) is 11.8 Å². The number of halogens is 1. The van der Waals surface area contributed by atoms with Crippen LogP contribution in [0.3, 0.4) is 0 Å². The molecule has 1 aliphatic rings. The van der Waals surface area contributed by atoms with Crippen LogP contribution in [0.15, 0.2) is 33.7 Å². The highest BCUT2D eigenvalue weighted by Gasteiger charge is 2.36. The summed E-state index contributed by atoms with van der Waals surface area (Å²) in [4.78, 5) is 18.2. The molecule has 2 rings (SSSR count). The minimum atomic E-state index is -0.154. The van der Waals surface area contributed by atoms with Crippen LogP contribution >= 0.6 is 15.9 Å². The summed E-state index contributed by atoms with van der Waals surface area (Å²) in [5.74, 6) is 1.59. The summed E-state index contributed by atoms with van der Waals surface area (Å²) in [5.41, 5.74) is 0. The van der Waals surface area contributed by atoms with Gasteiger partial charge in [-0.2, -0.15) is 0 Å². The van der Waals surface area contributed by atoms with Gasteiger partial charge in [-0.1, -0.05) is 28.9 Å². The van der Waals surface area contributed by atoms with Gasteiger partial charge in [-0.25, -0.2) is 0 Å². The van der Waals surface area contributed by atoms with E-state index in [-0.39, 0.29) is 17.8 Å². The van der Waals surface area contributed by atoms with Crippen LogP contribution in [-0.4, -0.2) is 57.2 Å². The van der Waals surface area contributed by atoms with Gasteiger partial charge in [0.2, 0.25) is 0 Å². The summed E-state index contributed by atoms with van der Waals surface area (Å²) >= 11 is 3.42. The molecule has 0 radical (unpaired) electrons. The standard InChI is InChI=1S/C17H24BrN3O3/c1-12-10-21(11-15(12)16(22)23-3)17(19-2)20-7-8-24-14-6-4-5-13(18)9-14/h4-6,9,12,15H,7-8,10-11H2,1-3H3,(H,19,20). The largest absolute Gasteiger partial charge is 0.492 e. The van der Waals surface area contributed by atoms with E-state index in [0.717, 1.165) is 22.7 Å². The number of methoxy groups -OCH3 is 1. The van der Waals surface area contributed by atoms with Crippen LogP contribution in [0.2, 0.25) is 0 Å². The van der Waals surface area contributed by atoms with Gasteiger partial charge in [0.1, 0.15) is 12.4 Å². The van der Waals surface area contributed by atoms with E-state index in [4.69, 9.17) is 9.47 Å². The highest BCUT2D eigenvalue weighted by molar-refractivity contribution is 9.10. The van der Waals surface area contributed by atoms with Crippen LogP contribution < -0.4 is 10.1 Å². The van der Waals surface area contributed by atoms with Crippen molar-refractivity contribution in [3.8, 4) is 5.75 Å². The Morgan fingerprint density at radius 2 is 2.25 bits per heavy atom. The monoisotopic (exact) mass is 397 g/mol. The van der Waals surface area contributed by atoms with Gasteiger partial charge in [-0.05, 0) is 24.1 Å². The number of hydrogen-bond acceptors (Lipinski definition) is 4. The molecule has 0 bridgehead atoms. The van der Waals surface area contributed by atoms with E-state index in [1.54, 1.807) is 7.05 Å². The average Bonchev–Trinajstić information content (AvgIpc) is 2.96. The first-order valence-electron chi connectivity index (χ1n) is 7.97. The molecule has 1 aromatic carbocycles. The number of aliphatic imine (C=N–C) groups is 1. The zero-order chi connectivity index (χ0) is 17.5. The number of esters is 1. The summed E-state index contributed by atoms with van der Waals surface area (Å²) < 4.78 is 11.6. The topological polar surface area (TPSA) is 63.2 Å². The molecular weight excluding hydrogens is 374 g/mol. The predicted molar refractivity (Wildman–Crippen MR) is 97.2 cm³/mol. The van der Waals surface area contributed by atoms with Gasteiger partial charge in [-0.15, -0.1) is 0 Å². The number of nitrogens with one attached hydrogen (secondary N) is 1. The quantitative estimate of drug-likeness (QED) is 0.357. The van der Waals surface area contributed by atoms with E-state index in [2.05, 4.69) is 38.1 Å². The molecule has 132 valence electrons. The Morgan fingerprint density at radius 1 is 1.46 bits per heavy atom. The zero-order valence-corrected chi connectivity index (χ0v) is 15.9. The molecule has 1 aliphatic heterocycles. The lowest BCUT2D eigenvalue weighted by Crippen LogP contribution is -2.42.